The molecule has 0 saturated heterocycles. The van der Waals surface area contributed by atoms with Gasteiger partial charge in [-0.3, -0.25) is 0 Å². The van der Waals surface area contributed by atoms with Gasteiger partial charge in [-0.15, -0.1) is 0 Å². The molecular formula is C19H28BrFN4O2S2. The topological polar surface area (TPSA) is 95.2 Å². The van der Waals surface area contributed by atoms with E-state index in [-0.39, 0.29) is 11.4 Å². The third-order valence-corrected chi connectivity index (χ3v) is 10.5. The number of nitrogens with zero attached hydrogens (tertiary/aromatic N) is 3. The Morgan fingerprint density at radius 2 is 2.03 bits per heavy atom. The highest BCUT2D eigenvalue weighted by Gasteiger charge is 2.46. The maximum Gasteiger partial charge on any atom is 0.146 e. The molecule has 0 aliphatic carbocycles. The number of nitriles is 1. The molecule has 6 nitrogen and oxygen atoms in total. The summed E-state index contributed by atoms with van der Waals surface area (Å²) in [5, 5.41) is 9.82. The summed E-state index contributed by atoms with van der Waals surface area (Å²) in [7, 11) is -4.70. The SMILES string of the molecule is CC(CS1(=O)=NCCCCC1(C)C#N)(N[S@](=O)C(C)(C)C)c1nc(Br)ccc1F. The van der Waals surface area contributed by atoms with Gasteiger partial charge in [-0.1, -0.05) is 0 Å². The standard InChI is InChI=1S/C19H28BrFN4O2S2/c1-17(2,3)28(26)25-19(5,16-14(21)8-9-15(20)24-16)13-29(27)18(4,12-22)10-6-7-11-23-29/h8-9,25H,6-7,10-11,13H2,1-5H3/t18?,19?,28-,29?/m1/s1. The summed E-state index contributed by atoms with van der Waals surface area (Å²) in [6.45, 7) is 9.02. The van der Waals surface area contributed by atoms with Crippen LogP contribution in [0.2, 0.25) is 0 Å². The van der Waals surface area contributed by atoms with Crippen molar-refractivity contribution in [2.75, 3.05) is 12.3 Å². The normalized spacial score (nSPS) is 28.5. The van der Waals surface area contributed by atoms with E-state index in [1.165, 1.54) is 12.1 Å². The van der Waals surface area contributed by atoms with Crippen LogP contribution in [0, 0.1) is 17.1 Å². The molecule has 0 aromatic carbocycles. The first-order valence-corrected chi connectivity index (χ1v) is 13.0. The van der Waals surface area contributed by atoms with Crippen molar-refractivity contribution >= 4 is 36.6 Å². The predicted octanol–water partition coefficient (Wildman–Crippen LogP) is 4.18. The van der Waals surface area contributed by atoms with E-state index in [0.29, 0.717) is 17.6 Å². The number of hydrogen-bond acceptors (Lipinski definition) is 5. The molecule has 0 bridgehead atoms. The molecule has 0 saturated carbocycles. The van der Waals surface area contributed by atoms with Crippen molar-refractivity contribution in [1.29, 1.82) is 5.26 Å². The molecule has 1 N–H and O–H groups in total. The Balaban J connectivity index is 2.66. The van der Waals surface area contributed by atoms with Crippen molar-refractivity contribution in [3.05, 3.63) is 28.2 Å². The molecule has 2 heterocycles. The molecule has 162 valence electrons. The maximum absolute atomic E-state index is 14.8. The summed E-state index contributed by atoms with van der Waals surface area (Å²) in [6.07, 6.45) is 1.93. The molecule has 1 aliphatic heterocycles. The second-order valence-corrected chi connectivity index (χ2v) is 14.2. The minimum Gasteiger partial charge on any atom is -0.248 e. The van der Waals surface area contributed by atoms with E-state index in [1.807, 2.05) is 0 Å². The summed E-state index contributed by atoms with van der Waals surface area (Å²) >= 11 is 3.25. The largest absolute Gasteiger partial charge is 0.248 e. The van der Waals surface area contributed by atoms with E-state index in [0.717, 1.165) is 12.8 Å². The van der Waals surface area contributed by atoms with Crippen molar-refractivity contribution in [1.82, 2.24) is 9.71 Å². The van der Waals surface area contributed by atoms with Crippen LogP contribution >= 0.6 is 15.9 Å². The predicted molar refractivity (Wildman–Crippen MR) is 118 cm³/mol. The van der Waals surface area contributed by atoms with Gasteiger partial charge in [-0.05, 0) is 81.9 Å². The second kappa shape index (κ2) is 8.69. The number of pyridine rings is 1. The van der Waals surface area contributed by atoms with Gasteiger partial charge in [0.15, 0.2) is 0 Å². The molecule has 0 fully saturated rings. The minimum absolute atomic E-state index is 0.00747. The summed E-state index contributed by atoms with van der Waals surface area (Å²) in [5.41, 5.74) is -1.37. The van der Waals surface area contributed by atoms with Gasteiger partial charge in [0, 0.05) is 6.54 Å². The van der Waals surface area contributed by atoms with Crippen molar-refractivity contribution in [3.63, 3.8) is 0 Å². The van der Waals surface area contributed by atoms with Crippen LogP contribution in [0.3, 0.4) is 0 Å². The maximum atomic E-state index is 14.8. The Morgan fingerprint density at radius 1 is 1.38 bits per heavy atom. The Hall–Kier alpha value is -0.890. The number of rotatable bonds is 5. The molecule has 1 aromatic heterocycles. The van der Waals surface area contributed by atoms with Crippen molar-refractivity contribution in [2.24, 2.45) is 4.36 Å². The lowest BCUT2D eigenvalue weighted by molar-refractivity contribution is 0.439. The molecule has 4 atom stereocenters. The molecule has 3 unspecified atom stereocenters. The highest BCUT2D eigenvalue weighted by atomic mass is 79.9. The Labute approximate surface area is 184 Å². The molecule has 2 rings (SSSR count). The van der Waals surface area contributed by atoms with Gasteiger partial charge in [-0.25, -0.2) is 26.9 Å². The van der Waals surface area contributed by atoms with Crippen LogP contribution in [0.5, 0.6) is 0 Å². The van der Waals surface area contributed by atoms with Crippen molar-refractivity contribution in [2.45, 2.75) is 68.9 Å². The van der Waals surface area contributed by atoms with Gasteiger partial charge in [0.1, 0.15) is 15.2 Å². The third kappa shape index (κ3) is 5.24. The summed E-state index contributed by atoms with van der Waals surface area (Å²) < 4.78 is 47.8. The molecule has 1 aromatic rings. The fraction of sp³-hybridized carbons (Fsp3) is 0.684. The first kappa shape index (κ1) is 24.4. The second-order valence-electron chi connectivity index (χ2n) is 8.72. The number of halogens is 2. The number of nitrogens with one attached hydrogen (secondary N) is 1. The summed E-state index contributed by atoms with van der Waals surface area (Å²) in [6, 6.07) is 4.92. The zero-order valence-electron chi connectivity index (χ0n) is 17.4. The van der Waals surface area contributed by atoms with Gasteiger partial charge in [0.25, 0.3) is 0 Å². The van der Waals surface area contributed by atoms with E-state index < -0.39 is 41.6 Å². The molecule has 0 spiro atoms. The average Bonchev–Trinajstić information content (AvgIpc) is 2.75. The lowest BCUT2D eigenvalue weighted by atomic mass is 10.0. The lowest BCUT2D eigenvalue weighted by Gasteiger charge is -2.36. The highest BCUT2D eigenvalue weighted by molar-refractivity contribution is 9.10. The fourth-order valence-electron chi connectivity index (χ4n) is 3.12. The number of aromatic nitrogens is 1. The van der Waals surface area contributed by atoms with Crippen LogP contribution in [0.1, 0.15) is 59.6 Å². The first-order valence-electron chi connectivity index (χ1n) is 9.40. The summed E-state index contributed by atoms with van der Waals surface area (Å²) in [4.78, 5) is 4.27. The number of hydrogen-bond donors (Lipinski definition) is 1. The van der Waals surface area contributed by atoms with E-state index in [9.17, 15) is 18.1 Å². The van der Waals surface area contributed by atoms with Crippen LogP contribution in [0.25, 0.3) is 0 Å². The smallest absolute Gasteiger partial charge is 0.146 e. The molecule has 1 aliphatic rings. The summed E-state index contributed by atoms with van der Waals surface area (Å²) in [5.74, 6) is -0.781. The van der Waals surface area contributed by atoms with E-state index >= 15 is 0 Å². The molecular weight excluding hydrogens is 479 g/mol. The first-order chi connectivity index (χ1) is 13.3. The van der Waals surface area contributed by atoms with Gasteiger partial charge in [-0.2, -0.15) is 5.26 Å². The molecule has 0 radical (unpaired) electrons. The zero-order valence-corrected chi connectivity index (χ0v) is 20.6. The van der Waals surface area contributed by atoms with Crippen molar-refractivity contribution in [3.8, 4) is 6.07 Å². The van der Waals surface area contributed by atoms with Gasteiger partial charge in [0.2, 0.25) is 0 Å². The molecule has 29 heavy (non-hydrogen) atoms. The van der Waals surface area contributed by atoms with Crippen LogP contribution in [-0.2, 0) is 26.3 Å². The molecule has 0 amide bonds. The average molecular weight is 507 g/mol. The Kier molecular flexibility index (Phi) is 7.31. The third-order valence-electron chi connectivity index (χ3n) is 5.00. The van der Waals surface area contributed by atoms with Crippen LogP contribution in [-0.4, -0.2) is 35.2 Å². The molecule has 10 heteroatoms. The Bertz CT molecular complexity index is 966. The van der Waals surface area contributed by atoms with Crippen LogP contribution in [0.4, 0.5) is 4.39 Å². The van der Waals surface area contributed by atoms with Crippen molar-refractivity contribution < 1.29 is 12.8 Å². The zero-order chi connectivity index (χ0) is 22.1. The van der Waals surface area contributed by atoms with Gasteiger partial charge < -0.3 is 0 Å². The Morgan fingerprint density at radius 3 is 2.62 bits per heavy atom. The van der Waals surface area contributed by atoms with Gasteiger partial charge >= 0.3 is 0 Å². The van der Waals surface area contributed by atoms with Crippen LogP contribution < -0.4 is 4.72 Å². The fourth-order valence-corrected chi connectivity index (χ4v) is 7.12. The monoisotopic (exact) mass is 506 g/mol. The quantitative estimate of drug-likeness (QED) is 0.605. The van der Waals surface area contributed by atoms with E-state index in [4.69, 9.17) is 0 Å². The van der Waals surface area contributed by atoms with Gasteiger partial charge in [0.05, 0.1) is 48.5 Å². The lowest BCUT2D eigenvalue weighted by Crippen LogP contribution is -2.53. The van der Waals surface area contributed by atoms with Crippen LogP contribution in [0.15, 0.2) is 21.1 Å². The van der Waals surface area contributed by atoms with E-state index in [1.54, 1.807) is 34.6 Å². The highest BCUT2D eigenvalue weighted by Crippen LogP contribution is 2.35. The van der Waals surface area contributed by atoms with E-state index in [2.05, 4.69) is 36.1 Å². The minimum atomic E-state index is -3.10.